The lowest BCUT2D eigenvalue weighted by Crippen LogP contribution is -2.45. The number of aromatic amines is 1. The molecule has 0 amide bonds. The number of hydrogen-bond donors (Lipinski definition) is 2. The molecule has 1 saturated heterocycles. The fourth-order valence-electron chi connectivity index (χ4n) is 4.51. The lowest BCUT2D eigenvalue weighted by molar-refractivity contribution is 0.119. The fourth-order valence-corrected chi connectivity index (χ4v) is 5.59. The van der Waals surface area contributed by atoms with Crippen LogP contribution in [0.25, 0.3) is 21.7 Å². The standard InChI is InChI=1S/C25H28N4O2S/c1-18(29-13-11-28(2)12-14-29)24-17-26-25-10-8-21(16-23(24)25)27-32(30,31)22-9-7-19-5-3-4-6-20(19)15-22/h3-10,15-18,26-27H,11-14H2,1-2H3. The smallest absolute Gasteiger partial charge is 0.261 e. The predicted molar refractivity (Wildman–Crippen MR) is 131 cm³/mol. The molecule has 6 nitrogen and oxygen atoms in total. The minimum atomic E-state index is -3.69. The van der Waals surface area contributed by atoms with Gasteiger partial charge in [-0.3, -0.25) is 9.62 Å². The summed E-state index contributed by atoms with van der Waals surface area (Å²) in [5.41, 5.74) is 2.77. The summed E-state index contributed by atoms with van der Waals surface area (Å²) in [5.74, 6) is 0. The Kier molecular flexibility index (Phi) is 5.41. The summed E-state index contributed by atoms with van der Waals surface area (Å²) in [7, 11) is -1.54. The maximum Gasteiger partial charge on any atom is 0.261 e. The van der Waals surface area contributed by atoms with Crippen molar-refractivity contribution < 1.29 is 8.42 Å². The van der Waals surface area contributed by atoms with E-state index in [1.807, 2.05) is 48.5 Å². The predicted octanol–water partition coefficient (Wildman–Crippen LogP) is 4.43. The second kappa shape index (κ2) is 8.24. The van der Waals surface area contributed by atoms with Gasteiger partial charge < -0.3 is 9.88 Å². The Labute approximate surface area is 188 Å². The highest BCUT2D eigenvalue weighted by Gasteiger charge is 2.23. The molecule has 0 radical (unpaired) electrons. The van der Waals surface area contributed by atoms with E-state index in [9.17, 15) is 8.42 Å². The van der Waals surface area contributed by atoms with Gasteiger partial charge in [0.2, 0.25) is 0 Å². The van der Waals surface area contributed by atoms with E-state index in [4.69, 9.17) is 0 Å². The average molecular weight is 449 g/mol. The second-order valence-corrected chi connectivity index (χ2v) is 10.3. The first-order valence-electron chi connectivity index (χ1n) is 11.0. The van der Waals surface area contributed by atoms with Gasteiger partial charge >= 0.3 is 0 Å². The third-order valence-corrected chi connectivity index (χ3v) is 7.91. The maximum absolute atomic E-state index is 13.1. The maximum atomic E-state index is 13.1. The number of nitrogens with zero attached hydrogens (tertiary/aromatic N) is 2. The number of hydrogen-bond acceptors (Lipinski definition) is 4. The van der Waals surface area contributed by atoms with E-state index in [0.717, 1.165) is 47.9 Å². The third-order valence-electron chi connectivity index (χ3n) is 6.53. The van der Waals surface area contributed by atoms with Crippen molar-refractivity contribution in [2.75, 3.05) is 37.9 Å². The van der Waals surface area contributed by atoms with Gasteiger partial charge in [-0.1, -0.05) is 30.3 Å². The Balaban J connectivity index is 1.43. The minimum Gasteiger partial charge on any atom is -0.361 e. The Bertz CT molecular complexity index is 1370. The second-order valence-electron chi connectivity index (χ2n) is 8.63. The number of likely N-dealkylation sites (N-methyl/N-ethyl adjacent to an activating group) is 1. The number of fused-ring (bicyclic) bond motifs is 2. The molecule has 1 aliphatic rings. The van der Waals surface area contributed by atoms with Gasteiger partial charge in [0, 0.05) is 55.0 Å². The highest BCUT2D eigenvalue weighted by atomic mass is 32.2. The molecule has 4 aromatic rings. The average Bonchev–Trinajstić information content (AvgIpc) is 3.22. The molecule has 166 valence electrons. The lowest BCUT2D eigenvalue weighted by atomic mass is 10.0. The normalized spacial score (nSPS) is 17.1. The molecular formula is C25H28N4O2S. The number of rotatable bonds is 5. The number of sulfonamides is 1. The van der Waals surface area contributed by atoms with Crippen LogP contribution in [0.5, 0.6) is 0 Å². The van der Waals surface area contributed by atoms with E-state index in [1.54, 1.807) is 12.1 Å². The van der Waals surface area contributed by atoms with E-state index in [0.29, 0.717) is 5.69 Å². The van der Waals surface area contributed by atoms with Crippen molar-refractivity contribution in [1.29, 1.82) is 0 Å². The van der Waals surface area contributed by atoms with Crippen LogP contribution in [0.4, 0.5) is 5.69 Å². The minimum absolute atomic E-state index is 0.254. The number of piperazine rings is 1. The third kappa shape index (κ3) is 3.99. The molecule has 1 unspecified atom stereocenters. The summed E-state index contributed by atoms with van der Waals surface area (Å²) in [4.78, 5) is 8.43. The van der Waals surface area contributed by atoms with Gasteiger partial charge in [0.05, 0.1) is 4.90 Å². The summed E-state index contributed by atoms with van der Waals surface area (Å²) in [6, 6.07) is 18.9. The van der Waals surface area contributed by atoms with Crippen LogP contribution in [-0.2, 0) is 10.0 Å². The zero-order valence-electron chi connectivity index (χ0n) is 18.4. The van der Waals surface area contributed by atoms with Gasteiger partial charge in [0.1, 0.15) is 0 Å². The zero-order valence-corrected chi connectivity index (χ0v) is 19.2. The van der Waals surface area contributed by atoms with Crippen molar-refractivity contribution in [2.45, 2.75) is 17.9 Å². The van der Waals surface area contributed by atoms with Crippen LogP contribution in [0.1, 0.15) is 18.5 Å². The summed E-state index contributed by atoms with van der Waals surface area (Å²) in [6.07, 6.45) is 2.05. The highest BCUT2D eigenvalue weighted by Crippen LogP contribution is 2.31. The fraction of sp³-hybridized carbons (Fsp3) is 0.280. The van der Waals surface area contributed by atoms with Crippen molar-refractivity contribution in [1.82, 2.24) is 14.8 Å². The molecular weight excluding hydrogens is 420 g/mol. The molecule has 3 aromatic carbocycles. The number of nitrogens with one attached hydrogen (secondary N) is 2. The van der Waals surface area contributed by atoms with Gasteiger partial charge in [-0.05, 0) is 60.6 Å². The number of aromatic nitrogens is 1. The first kappa shape index (κ1) is 21.0. The van der Waals surface area contributed by atoms with Crippen molar-refractivity contribution in [3.05, 3.63) is 72.4 Å². The van der Waals surface area contributed by atoms with Crippen molar-refractivity contribution in [3.63, 3.8) is 0 Å². The molecule has 5 rings (SSSR count). The molecule has 0 spiro atoms. The molecule has 1 atom stereocenters. The van der Waals surface area contributed by atoms with Gasteiger partial charge in [-0.25, -0.2) is 8.42 Å². The SMILES string of the molecule is CC(c1c[nH]c2ccc(NS(=O)(=O)c3ccc4ccccc4c3)cc12)N1CCN(C)CC1. The van der Waals surface area contributed by atoms with Gasteiger partial charge in [0.25, 0.3) is 10.0 Å². The van der Waals surface area contributed by atoms with Crippen LogP contribution in [0, 0.1) is 0 Å². The lowest BCUT2D eigenvalue weighted by Gasteiger charge is -2.36. The Hall–Kier alpha value is -2.87. The Morgan fingerprint density at radius 3 is 2.47 bits per heavy atom. The summed E-state index contributed by atoms with van der Waals surface area (Å²) >= 11 is 0. The van der Waals surface area contributed by atoms with Gasteiger partial charge in [-0.15, -0.1) is 0 Å². The summed E-state index contributed by atoms with van der Waals surface area (Å²) in [6.45, 7) is 6.39. The summed E-state index contributed by atoms with van der Waals surface area (Å²) in [5, 5.41) is 2.97. The largest absolute Gasteiger partial charge is 0.361 e. The number of anilines is 1. The van der Waals surface area contributed by atoms with E-state index >= 15 is 0 Å². The molecule has 2 heterocycles. The number of benzene rings is 3. The molecule has 7 heteroatoms. The molecule has 0 bridgehead atoms. The molecule has 0 aliphatic carbocycles. The molecule has 0 saturated carbocycles. The van der Waals surface area contributed by atoms with E-state index in [-0.39, 0.29) is 10.9 Å². The van der Waals surface area contributed by atoms with Crippen molar-refractivity contribution in [3.8, 4) is 0 Å². The van der Waals surface area contributed by atoms with Crippen molar-refractivity contribution in [2.24, 2.45) is 0 Å². The first-order chi connectivity index (χ1) is 15.4. The highest BCUT2D eigenvalue weighted by molar-refractivity contribution is 7.92. The van der Waals surface area contributed by atoms with Crippen molar-refractivity contribution >= 4 is 37.4 Å². The topological polar surface area (TPSA) is 68.4 Å². The molecule has 1 fully saturated rings. The number of H-pyrrole nitrogens is 1. The van der Waals surface area contributed by atoms with E-state index in [2.05, 4.69) is 39.7 Å². The quantitative estimate of drug-likeness (QED) is 0.474. The first-order valence-corrected chi connectivity index (χ1v) is 12.4. The van der Waals surface area contributed by atoms with Gasteiger partial charge in [-0.2, -0.15) is 0 Å². The molecule has 2 N–H and O–H groups in total. The summed E-state index contributed by atoms with van der Waals surface area (Å²) < 4.78 is 28.9. The Morgan fingerprint density at radius 1 is 0.938 bits per heavy atom. The van der Waals surface area contributed by atoms with Gasteiger partial charge in [0.15, 0.2) is 0 Å². The van der Waals surface area contributed by atoms with Crippen LogP contribution < -0.4 is 4.72 Å². The van der Waals surface area contributed by atoms with Crippen LogP contribution >= 0.6 is 0 Å². The van der Waals surface area contributed by atoms with E-state index in [1.165, 1.54) is 5.56 Å². The van der Waals surface area contributed by atoms with Crippen LogP contribution in [0.3, 0.4) is 0 Å². The zero-order chi connectivity index (χ0) is 22.3. The molecule has 1 aliphatic heterocycles. The molecule has 1 aromatic heterocycles. The van der Waals surface area contributed by atoms with Crippen LogP contribution in [0.15, 0.2) is 71.8 Å². The monoisotopic (exact) mass is 448 g/mol. The van der Waals surface area contributed by atoms with Crippen LogP contribution in [-0.4, -0.2) is 56.4 Å². The van der Waals surface area contributed by atoms with E-state index < -0.39 is 10.0 Å². The molecule has 32 heavy (non-hydrogen) atoms. The Morgan fingerprint density at radius 2 is 1.69 bits per heavy atom. The van der Waals surface area contributed by atoms with Crippen LogP contribution in [0.2, 0.25) is 0 Å².